The average Bonchev–Trinajstić information content (AvgIpc) is 2.94. The smallest absolute Gasteiger partial charge is 0.0252 e. The summed E-state index contributed by atoms with van der Waals surface area (Å²) in [7, 11) is 0. The van der Waals surface area contributed by atoms with Crippen molar-refractivity contribution in [2.24, 2.45) is 5.92 Å². The van der Waals surface area contributed by atoms with Gasteiger partial charge in [-0.05, 0) is 31.6 Å². The fraction of sp³-hybridized carbons (Fsp3) is 1.00. The highest BCUT2D eigenvalue weighted by molar-refractivity contribution is 4.95. The van der Waals surface area contributed by atoms with Crippen LogP contribution in [0.3, 0.4) is 0 Å². The molecule has 0 bridgehead atoms. The molecule has 3 aliphatic rings. The molecule has 2 aliphatic carbocycles. The first-order valence-electron chi connectivity index (χ1n) is 6.41. The zero-order valence-corrected chi connectivity index (χ0v) is 9.04. The molecule has 0 aromatic rings. The van der Waals surface area contributed by atoms with Crippen LogP contribution in [-0.2, 0) is 0 Å². The van der Waals surface area contributed by atoms with Crippen LogP contribution in [-0.4, -0.2) is 36.6 Å². The Kier molecular flexibility index (Phi) is 2.50. The molecule has 1 aliphatic heterocycles. The molecule has 3 rings (SSSR count). The molecular weight excluding hydrogens is 172 g/mol. The van der Waals surface area contributed by atoms with E-state index in [0.29, 0.717) is 0 Å². The van der Waals surface area contributed by atoms with Gasteiger partial charge in [-0.25, -0.2) is 0 Å². The minimum absolute atomic E-state index is 0.895. The van der Waals surface area contributed by atoms with Gasteiger partial charge in [-0.1, -0.05) is 12.8 Å². The zero-order valence-electron chi connectivity index (χ0n) is 9.04. The van der Waals surface area contributed by atoms with Gasteiger partial charge < -0.3 is 5.32 Å². The summed E-state index contributed by atoms with van der Waals surface area (Å²) in [5.74, 6) is 1.04. The highest BCUT2D eigenvalue weighted by Gasteiger charge is 2.39. The van der Waals surface area contributed by atoms with Crippen molar-refractivity contribution in [3.05, 3.63) is 0 Å². The number of hydrogen-bond acceptors (Lipinski definition) is 2. The Morgan fingerprint density at radius 1 is 1.00 bits per heavy atom. The molecule has 2 nitrogen and oxygen atoms in total. The molecule has 2 saturated carbocycles. The summed E-state index contributed by atoms with van der Waals surface area (Å²) in [5, 5.41) is 3.57. The van der Waals surface area contributed by atoms with Crippen LogP contribution in [0.15, 0.2) is 0 Å². The standard InChI is InChI=1S/C12H22N2/c1-2-4-11(3-1)14-8-7-13-9-12(14)10-5-6-10/h10-13H,1-9H2. The monoisotopic (exact) mass is 194 g/mol. The molecule has 1 heterocycles. The van der Waals surface area contributed by atoms with Gasteiger partial charge >= 0.3 is 0 Å². The Bertz CT molecular complexity index is 194. The topological polar surface area (TPSA) is 15.3 Å². The van der Waals surface area contributed by atoms with Crippen molar-refractivity contribution >= 4 is 0 Å². The Hall–Kier alpha value is -0.0800. The maximum absolute atomic E-state index is 3.57. The van der Waals surface area contributed by atoms with Gasteiger partial charge in [0, 0.05) is 31.7 Å². The molecule has 0 aromatic carbocycles. The molecule has 80 valence electrons. The summed E-state index contributed by atoms with van der Waals surface area (Å²) in [6.45, 7) is 3.80. The fourth-order valence-electron chi connectivity index (χ4n) is 3.35. The summed E-state index contributed by atoms with van der Waals surface area (Å²) in [6.07, 6.45) is 8.90. The number of piperazine rings is 1. The first-order valence-corrected chi connectivity index (χ1v) is 6.41. The maximum Gasteiger partial charge on any atom is 0.0252 e. The lowest BCUT2D eigenvalue weighted by Gasteiger charge is -2.40. The molecule has 2 heteroatoms. The molecule has 1 unspecified atom stereocenters. The van der Waals surface area contributed by atoms with Crippen molar-refractivity contribution in [3.63, 3.8) is 0 Å². The van der Waals surface area contributed by atoms with E-state index >= 15 is 0 Å². The van der Waals surface area contributed by atoms with Gasteiger partial charge in [-0.2, -0.15) is 0 Å². The predicted molar refractivity (Wildman–Crippen MR) is 58.3 cm³/mol. The molecule has 1 saturated heterocycles. The lowest BCUT2D eigenvalue weighted by Crippen LogP contribution is -2.55. The van der Waals surface area contributed by atoms with E-state index in [4.69, 9.17) is 0 Å². The number of rotatable bonds is 2. The molecule has 0 spiro atoms. The predicted octanol–water partition coefficient (Wildman–Crippen LogP) is 1.61. The minimum Gasteiger partial charge on any atom is -0.314 e. The Labute approximate surface area is 87.0 Å². The van der Waals surface area contributed by atoms with Crippen LogP contribution in [0.2, 0.25) is 0 Å². The van der Waals surface area contributed by atoms with Gasteiger partial charge in [0.2, 0.25) is 0 Å². The minimum atomic E-state index is 0.895. The third kappa shape index (κ3) is 1.70. The van der Waals surface area contributed by atoms with Gasteiger partial charge in [-0.15, -0.1) is 0 Å². The van der Waals surface area contributed by atoms with Gasteiger partial charge in [0.05, 0.1) is 0 Å². The fourth-order valence-corrected chi connectivity index (χ4v) is 3.35. The molecule has 1 atom stereocenters. The quantitative estimate of drug-likeness (QED) is 0.718. The number of nitrogens with zero attached hydrogens (tertiary/aromatic N) is 1. The normalized spacial score (nSPS) is 36.4. The van der Waals surface area contributed by atoms with Crippen molar-refractivity contribution in [2.75, 3.05) is 19.6 Å². The SMILES string of the molecule is C1CCC(N2CCNCC2C2CC2)C1. The van der Waals surface area contributed by atoms with Crippen molar-refractivity contribution in [3.8, 4) is 0 Å². The molecular formula is C12H22N2. The van der Waals surface area contributed by atoms with Crippen LogP contribution < -0.4 is 5.32 Å². The van der Waals surface area contributed by atoms with E-state index in [9.17, 15) is 0 Å². The third-order valence-corrected chi connectivity index (χ3v) is 4.29. The van der Waals surface area contributed by atoms with E-state index in [1.54, 1.807) is 0 Å². The van der Waals surface area contributed by atoms with Crippen LogP contribution in [0.1, 0.15) is 38.5 Å². The largest absolute Gasteiger partial charge is 0.314 e. The molecule has 14 heavy (non-hydrogen) atoms. The van der Waals surface area contributed by atoms with E-state index < -0.39 is 0 Å². The van der Waals surface area contributed by atoms with Gasteiger partial charge in [0.15, 0.2) is 0 Å². The molecule has 0 radical (unpaired) electrons. The average molecular weight is 194 g/mol. The molecule has 3 fully saturated rings. The summed E-state index contributed by atoms with van der Waals surface area (Å²) >= 11 is 0. The summed E-state index contributed by atoms with van der Waals surface area (Å²) in [4.78, 5) is 2.85. The van der Waals surface area contributed by atoms with Crippen molar-refractivity contribution < 1.29 is 0 Å². The Morgan fingerprint density at radius 3 is 2.50 bits per heavy atom. The number of hydrogen-bond donors (Lipinski definition) is 1. The second-order valence-corrected chi connectivity index (χ2v) is 5.29. The maximum atomic E-state index is 3.57. The highest BCUT2D eigenvalue weighted by Crippen LogP contribution is 2.38. The van der Waals surface area contributed by atoms with Crippen molar-refractivity contribution in [2.45, 2.75) is 50.6 Å². The van der Waals surface area contributed by atoms with Gasteiger partial charge in [0.25, 0.3) is 0 Å². The van der Waals surface area contributed by atoms with Crippen molar-refractivity contribution in [1.82, 2.24) is 10.2 Å². The Morgan fingerprint density at radius 2 is 1.79 bits per heavy atom. The second kappa shape index (κ2) is 3.82. The van der Waals surface area contributed by atoms with Crippen LogP contribution in [0.25, 0.3) is 0 Å². The van der Waals surface area contributed by atoms with Crippen molar-refractivity contribution in [1.29, 1.82) is 0 Å². The first-order chi connectivity index (χ1) is 6.95. The van der Waals surface area contributed by atoms with Crippen LogP contribution in [0.4, 0.5) is 0 Å². The zero-order chi connectivity index (χ0) is 9.38. The molecule has 1 N–H and O–H groups in total. The van der Waals surface area contributed by atoms with E-state index in [-0.39, 0.29) is 0 Å². The lowest BCUT2D eigenvalue weighted by molar-refractivity contribution is 0.0943. The van der Waals surface area contributed by atoms with Gasteiger partial charge in [0.1, 0.15) is 0 Å². The first kappa shape index (κ1) is 9.17. The van der Waals surface area contributed by atoms with E-state index in [2.05, 4.69) is 10.2 Å². The summed E-state index contributed by atoms with van der Waals surface area (Å²) in [5.41, 5.74) is 0. The Balaban J connectivity index is 1.66. The van der Waals surface area contributed by atoms with E-state index in [1.165, 1.54) is 58.2 Å². The molecule has 0 amide bonds. The number of nitrogens with one attached hydrogen (secondary N) is 1. The summed E-state index contributed by atoms with van der Waals surface area (Å²) < 4.78 is 0. The van der Waals surface area contributed by atoms with Crippen LogP contribution in [0.5, 0.6) is 0 Å². The third-order valence-electron chi connectivity index (χ3n) is 4.29. The molecule has 0 aromatic heterocycles. The van der Waals surface area contributed by atoms with Gasteiger partial charge in [-0.3, -0.25) is 4.90 Å². The highest BCUT2D eigenvalue weighted by atomic mass is 15.2. The van der Waals surface area contributed by atoms with Crippen LogP contribution >= 0.6 is 0 Å². The van der Waals surface area contributed by atoms with Crippen LogP contribution in [0, 0.1) is 5.92 Å². The van der Waals surface area contributed by atoms with E-state index in [0.717, 1.165) is 18.0 Å². The van der Waals surface area contributed by atoms with E-state index in [1.807, 2.05) is 0 Å². The second-order valence-electron chi connectivity index (χ2n) is 5.29. The lowest BCUT2D eigenvalue weighted by atomic mass is 10.0. The summed E-state index contributed by atoms with van der Waals surface area (Å²) in [6, 6.07) is 1.84.